The molecule has 2 nitrogen and oxygen atoms in total. The van der Waals surface area contributed by atoms with Crippen molar-refractivity contribution in [1.29, 1.82) is 0 Å². The molecule has 3 heteroatoms. The second-order valence-corrected chi connectivity index (χ2v) is 6.00. The lowest BCUT2D eigenvalue weighted by molar-refractivity contribution is 0.570. The van der Waals surface area contributed by atoms with Gasteiger partial charge >= 0.3 is 0 Å². The van der Waals surface area contributed by atoms with Gasteiger partial charge in [0.2, 0.25) is 0 Å². The molecule has 0 unspecified atom stereocenters. The monoisotopic (exact) mass is 260 g/mol. The van der Waals surface area contributed by atoms with Gasteiger partial charge in [-0.3, -0.25) is 0 Å². The van der Waals surface area contributed by atoms with Crippen LogP contribution in [0.15, 0.2) is 24.3 Å². The van der Waals surface area contributed by atoms with E-state index in [9.17, 15) is 0 Å². The van der Waals surface area contributed by atoms with Crippen LogP contribution in [0.4, 0.5) is 0 Å². The number of nitrogens with one attached hydrogen (secondary N) is 1. The molecule has 0 saturated heterocycles. The maximum Gasteiger partial charge on any atom is 0.107 e. The van der Waals surface area contributed by atoms with E-state index in [1.165, 1.54) is 21.0 Å². The van der Waals surface area contributed by atoms with Gasteiger partial charge in [0.1, 0.15) is 5.01 Å². The third-order valence-corrected chi connectivity index (χ3v) is 4.36. The van der Waals surface area contributed by atoms with Crippen LogP contribution < -0.4 is 5.32 Å². The predicted molar refractivity (Wildman–Crippen MR) is 78.0 cm³/mol. The molecule has 2 rings (SSSR count). The summed E-state index contributed by atoms with van der Waals surface area (Å²) < 4.78 is 0. The molecule has 0 aliphatic rings. The Morgan fingerprint density at radius 1 is 1.22 bits per heavy atom. The van der Waals surface area contributed by atoms with Gasteiger partial charge in [-0.05, 0) is 38.8 Å². The Morgan fingerprint density at radius 2 is 1.94 bits per heavy atom. The zero-order valence-corrected chi connectivity index (χ0v) is 12.3. The van der Waals surface area contributed by atoms with Crippen molar-refractivity contribution in [1.82, 2.24) is 10.3 Å². The first kappa shape index (κ1) is 13.2. The smallest absolute Gasteiger partial charge is 0.107 e. The first-order chi connectivity index (χ1) is 8.58. The molecule has 0 saturated carbocycles. The van der Waals surface area contributed by atoms with Gasteiger partial charge < -0.3 is 5.32 Å². The van der Waals surface area contributed by atoms with E-state index < -0.39 is 0 Å². The van der Waals surface area contributed by atoms with Gasteiger partial charge in [-0.1, -0.05) is 24.3 Å². The second kappa shape index (κ2) is 5.63. The van der Waals surface area contributed by atoms with Crippen molar-refractivity contribution < 1.29 is 0 Å². The fraction of sp³-hybridized carbons (Fsp3) is 0.400. The summed E-state index contributed by atoms with van der Waals surface area (Å²) in [5, 5.41) is 4.72. The molecule has 0 spiro atoms. The Balaban J connectivity index is 2.00. The van der Waals surface area contributed by atoms with E-state index in [4.69, 9.17) is 0 Å². The van der Waals surface area contributed by atoms with E-state index in [-0.39, 0.29) is 0 Å². The van der Waals surface area contributed by atoms with Crippen LogP contribution in [0.2, 0.25) is 0 Å². The largest absolute Gasteiger partial charge is 0.304 e. The Kier molecular flexibility index (Phi) is 4.15. The normalized spacial score (nSPS) is 12.7. The Morgan fingerprint density at radius 3 is 2.56 bits per heavy atom. The average Bonchev–Trinajstić information content (AvgIpc) is 2.66. The van der Waals surface area contributed by atoms with E-state index in [2.05, 4.69) is 62.3 Å². The maximum atomic E-state index is 4.55. The number of nitrogens with zero attached hydrogens (tertiary/aromatic N) is 1. The molecule has 0 radical (unpaired) electrons. The van der Waals surface area contributed by atoms with Crippen molar-refractivity contribution in [3.05, 3.63) is 51.0 Å². The van der Waals surface area contributed by atoms with Crippen molar-refractivity contribution in [2.45, 2.75) is 40.3 Å². The third kappa shape index (κ3) is 2.98. The number of benzene rings is 1. The minimum absolute atomic E-state index is 0.357. The van der Waals surface area contributed by atoms with Crippen molar-refractivity contribution in [3.8, 4) is 0 Å². The molecule has 1 heterocycles. The molecule has 18 heavy (non-hydrogen) atoms. The van der Waals surface area contributed by atoms with Crippen molar-refractivity contribution in [2.75, 3.05) is 0 Å². The molecule has 1 aromatic carbocycles. The molecule has 2 aromatic rings. The summed E-state index contributed by atoms with van der Waals surface area (Å²) in [5.41, 5.74) is 3.85. The molecule has 0 aliphatic heterocycles. The highest BCUT2D eigenvalue weighted by molar-refractivity contribution is 7.11. The van der Waals surface area contributed by atoms with E-state index in [0.717, 1.165) is 12.2 Å². The highest BCUT2D eigenvalue weighted by Crippen LogP contribution is 2.19. The van der Waals surface area contributed by atoms with Gasteiger partial charge in [-0.25, -0.2) is 4.98 Å². The number of rotatable bonds is 4. The van der Waals surface area contributed by atoms with Crippen LogP contribution in [0.5, 0.6) is 0 Å². The number of hydrogen-bond acceptors (Lipinski definition) is 3. The van der Waals surface area contributed by atoms with E-state index in [1.54, 1.807) is 11.3 Å². The molecule has 96 valence electrons. The van der Waals surface area contributed by atoms with Gasteiger partial charge in [0.15, 0.2) is 0 Å². The van der Waals surface area contributed by atoms with Gasteiger partial charge in [-0.15, -0.1) is 11.3 Å². The Hall–Kier alpha value is -1.19. The van der Waals surface area contributed by atoms with Crippen LogP contribution in [-0.2, 0) is 6.54 Å². The standard InChI is InChI=1S/C15H20N2S/c1-10-7-5-6-8-14(10)12(3)16-9-15-17-11(2)13(4)18-15/h5-8,12,16H,9H2,1-4H3/t12-/m1/s1. The highest BCUT2D eigenvalue weighted by Gasteiger charge is 2.09. The third-order valence-electron chi connectivity index (χ3n) is 3.29. The Labute approximate surface area is 113 Å². The van der Waals surface area contributed by atoms with Crippen molar-refractivity contribution in [3.63, 3.8) is 0 Å². The molecule has 0 amide bonds. The highest BCUT2D eigenvalue weighted by atomic mass is 32.1. The van der Waals surface area contributed by atoms with Crippen LogP contribution in [-0.4, -0.2) is 4.98 Å². The predicted octanol–water partition coefficient (Wildman–Crippen LogP) is 3.92. The molecule has 1 atom stereocenters. The fourth-order valence-corrected chi connectivity index (χ4v) is 2.92. The quantitative estimate of drug-likeness (QED) is 0.901. The minimum atomic E-state index is 0.357. The van der Waals surface area contributed by atoms with Gasteiger partial charge in [-0.2, -0.15) is 0 Å². The first-order valence-electron chi connectivity index (χ1n) is 6.29. The second-order valence-electron chi connectivity index (χ2n) is 4.71. The van der Waals surface area contributed by atoms with Crippen LogP contribution in [0, 0.1) is 20.8 Å². The molecule has 1 aromatic heterocycles. The first-order valence-corrected chi connectivity index (χ1v) is 7.11. The zero-order chi connectivity index (χ0) is 13.1. The molecule has 0 fully saturated rings. The van der Waals surface area contributed by atoms with Crippen LogP contribution in [0.25, 0.3) is 0 Å². The summed E-state index contributed by atoms with van der Waals surface area (Å²) >= 11 is 1.78. The summed E-state index contributed by atoms with van der Waals surface area (Å²) in [6.45, 7) is 9.40. The molecule has 0 aliphatic carbocycles. The lowest BCUT2D eigenvalue weighted by Crippen LogP contribution is -2.18. The van der Waals surface area contributed by atoms with E-state index >= 15 is 0 Å². The summed E-state index contributed by atoms with van der Waals surface area (Å²) in [6, 6.07) is 8.88. The van der Waals surface area contributed by atoms with Crippen LogP contribution in [0.3, 0.4) is 0 Å². The SMILES string of the molecule is Cc1ccccc1[C@@H](C)NCc1nc(C)c(C)s1. The van der Waals surface area contributed by atoms with Gasteiger partial charge in [0.05, 0.1) is 5.69 Å². The van der Waals surface area contributed by atoms with E-state index in [1.807, 2.05) is 0 Å². The van der Waals surface area contributed by atoms with Gasteiger partial charge in [0.25, 0.3) is 0 Å². The van der Waals surface area contributed by atoms with Crippen LogP contribution >= 0.6 is 11.3 Å². The molecular weight excluding hydrogens is 240 g/mol. The number of aromatic nitrogens is 1. The summed E-state index contributed by atoms with van der Waals surface area (Å²) in [5.74, 6) is 0. The van der Waals surface area contributed by atoms with Gasteiger partial charge in [0, 0.05) is 17.5 Å². The lowest BCUT2D eigenvalue weighted by Gasteiger charge is -2.15. The number of hydrogen-bond donors (Lipinski definition) is 1. The Bertz CT molecular complexity index is 512. The fourth-order valence-electron chi connectivity index (χ4n) is 2.04. The van der Waals surface area contributed by atoms with Crippen LogP contribution in [0.1, 0.15) is 39.7 Å². The zero-order valence-electron chi connectivity index (χ0n) is 11.4. The maximum absolute atomic E-state index is 4.55. The number of thiazole rings is 1. The van der Waals surface area contributed by atoms with E-state index in [0.29, 0.717) is 6.04 Å². The summed E-state index contributed by atoms with van der Waals surface area (Å²) in [6.07, 6.45) is 0. The molecule has 0 bridgehead atoms. The van der Waals surface area contributed by atoms with Crippen molar-refractivity contribution >= 4 is 11.3 Å². The summed E-state index contributed by atoms with van der Waals surface area (Å²) in [4.78, 5) is 5.87. The lowest BCUT2D eigenvalue weighted by atomic mass is 10.0. The minimum Gasteiger partial charge on any atom is -0.304 e. The molecule has 1 N–H and O–H groups in total. The topological polar surface area (TPSA) is 24.9 Å². The number of aryl methyl sites for hydroxylation is 3. The van der Waals surface area contributed by atoms with Crippen molar-refractivity contribution in [2.24, 2.45) is 0 Å². The summed E-state index contributed by atoms with van der Waals surface area (Å²) in [7, 11) is 0. The molecular formula is C15H20N2S. The average molecular weight is 260 g/mol.